The smallest absolute Gasteiger partial charge is 0.0927 e. The Morgan fingerprint density at radius 2 is 1.17 bits per heavy atom. The lowest BCUT2D eigenvalue weighted by atomic mass is 9.72. The molecule has 2 unspecified atom stereocenters. The van der Waals surface area contributed by atoms with E-state index >= 15 is 0 Å². The normalized spacial score (nSPS) is 27.3. The first kappa shape index (κ1) is 28.3. The molecule has 0 N–H and O–H groups in total. The molecular weight excluding hydrogens is 496 g/mol. The molecule has 3 aromatic carbocycles. The number of fused-ring (bicyclic) bond motifs is 1. The second-order valence-corrected chi connectivity index (χ2v) is 14.1. The molecule has 1 saturated heterocycles. The zero-order chi connectivity index (χ0) is 28.7. The van der Waals surface area contributed by atoms with Crippen molar-refractivity contribution in [1.29, 1.82) is 0 Å². The van der Waals surface area contributed by atoms with Crippen LogP contribution in [0.15, 0.2) is 97.1 Å². The highest BCUT2D eigenvalue weighted by Crippen LogP contribution is 2.61. The van der Waals surface area contributed by atoms with Crippen molar-refractivity contribution < 1.29 is 0 Å². The topological polar surface area (TPSA) is 6.48 Å². The molecule has 2 heterocycles. The predicted molar refractivity (Wildman–Crippen MR) is 174 cm³/mol. The van der Waals surface area contributed by atoms with Crippen LogP contribution in [0.2, 0.25) is 0 Å². The lowest BCUT2D eigenvalue weighted by Gasteiger charge is -2.52. The third-order valence-corrected chi connectivity index (χ3v) is 10.6. The molecule has 0 aromatic heterocycles. The number of hydrogen-bond acceptors (Lipinski definition) is 2. The summed E-state index contributed by atoms with van der Waals surface area (Å²) in [6.45, 7) is 12.2. The van der Waals surface area contributed by atoms with E-state index in [9.17, 15) is 0 Å². The molecule has 41 heavy (non-hydrogen) atoms. The Bertz CT molecular complexity index is 1290. The number of hydrogen-bond donors (Lipinski definition) is 0. The molecule has 2 aliphatic heterocycles. The van der Waals surface area contributed by atoms with Crippen molar-refractivity contribution in [3.63, 3.8) is 0 Å². The molecule has 2 fully saturated rings. The number of aryl methyl sites for hydroxylation is 1. The monoisotopic (exact) mass is 546 g/mol. The van der Waals surface area contributed by atoms with E-state index in [-0.39, 0.29) is 22.7 Å². The van der Waals surface area contributed by atoms with Gasteiger partial charge in [-0.1, -0.05) is 150 Å². The van der Waals surface area contributed by atoms with Crippen LogP contribution in [0.25, 0.3) is 0 Å². The van der Waals surface area contributed by atoms with Crippen LogP contribution in [0.3, 0.4) is 0 Å². The summed E-state index contributed by atoms with van der Waals surface area (Å²) in [6.07, 6.45) is 16.4. The molecule has 3 atom stereocenters. The summed E-state index contributed by atoms with van der Waals surface area (Å²) in [5, 5.41) is 0. The third kappa shape index (κ3) is 4.58. The fourth-order valence-electron chi connectivity index (χ4n) is 8.81. The molecule has 0 radical (unpaired) electrons. The maximum absolute atomic E-state index is 3.03. The Kier molecular flexibility index (Phi) is 7.66. The summed E-state index contributed by atoms with van der Waals surface area (Å²) in [6, 6.07) is 32.2. The Morgan fingerprint density at radius 1 is 0.659 bits per heavy atom. The SMILES string of the molecule is Cc1ccccc1N1C(C(C)(C)C)N2C(c3ccccc3)(c3ccccc3)C=CC2(C2CCCCCCCC2)[C@@H]1C. The highest BCUT2D eigenvalue weighted by molar-refractivity contribution is 5.61. The first-order valence-electron chi connectivity index (χ1n) is 16.3. The Hall–Kier alpha value is -2.84. The number of rotatable bonds is 4. The van der Waals surface area contributed by atoms with Crippen molar-refractivity contribution in [2.75, 3.05) is 4.90 Å². The highest BCUT2D eigenvalue weighted by atomic mass is 15.5. The lowest BCUT2D eigenvalue weighted by molar-refractivity contribution is -0.00927. The summed E-state index contributed by atoms with van der Waals surface area (Å²) in [7, 11) is 0. The van der Waals surface area contributed by atoms with Gasteiger partial charge in [-0.05, 0) is 60.8 Å². The fourth-order valence-corrected chi connectivity index (χ4v) is 8.81. The zero-order valence-electron chi connectivity index (χ0n) is 26.0. The third-order valence-electron chi connectivity index (χ3n) is 10.6. The number of nitrogens with zero attached hydrogens (tertiary/aromatic N) is 2. The molecule has 6 rings (SSSR count). The average Bonchev–Trinajstić information content (AvgIpc) is 3.50. The van der Waals surface area contributed by atoms with Crippen LogP contribution >= 0.6 is 0 Å². The van der Waals surface area contributed by atoms with Crippen LogP contribution in [0.1, 0.15) is 95.8 Å². The van der Waals surface area contributed by atoms with Gasteiger partial charge in [0.2, 0.25) is 0 Å². The molecule has 1 saturated carbocycles. The molecule has 1 aliphatic carbocycles. The molecule has 0 amide bonds. The molecule has 0 spiro atoms. The molecule has 216 valence electrons. The first-order chi connectivity index (χ1) is 19.8. The van der Waals surface area contributed by atoms with Crippen molar-refractivity contribution in [1.82, 2.24) is 4.90 Å². The van der Waals surface area contributed by atoms with Crippen LogP contribution in [0, 0.1) is 18.3 Å². The zero-order valence-corrected chi connectivity index (χ0v) is 26.0. The predicted octanol–water partition coefficient (Wildman–Crippen LogP) is 9.88. The second-order valence-electron chi connectivity index (χ2n) is 14.1. The molecule has 2 nitrogen and oxygen atoms in total. The van der Waals surface area contributed by atoms with Crippen LogP contribution in [-0.4, -0.2) is 22.6 Å². The molecule has 3 aliphatic rings. The van der Waals surface area contributed by atoms with E-state index in [1.54, 1.807) is 0 Å². The van der Waals surface area contributed by atoms with Gasteiger partial charge in [0.25, 0.3) is 0 Å². The standard InChI is InChI=1S/C39H50N2/c1-30-20-18-19-27-35(30)40-31(2)38(32-21-12-8-6-7-9-13-22-32)28-29-39(33-23-14-10-15-24-33,34-25-16-11-17-26-34)41(38)36(40)37(3,4)5/h10-11,14-20,23-29,31-32,36H,6-9,12-13,21-22H2,1-5H3/t31-,36?,38?/m0/s1. The van der Waals surface area contributed by atoms with Crippen molar-refractivity contribution >= 4 is 5.69 Å². The summed E-state index contributed by atoms with van der Waals surface area (Å²) in [5.41, 5.74) is 5.10. The summed E-state index contributed by atoms with van der Waals surface area (Å²) in [5.74, 6) is 0.611. The Labute approximate surface area is 249 Å². The minimum Gasteiger partial charge on any atom is -0.350 e. The van der Waals surface area contributed by atoms with Crippen LogP contribution in [0.4, 0.5) is 5.69 Å². The Morgan fingerprint density at radius 3 is 1.71 bits per heavy atom. The number of anilines is 1. The molecule has 3 aromatic rings. The van der Waals surface area contributed by atoms with Crippen molar-refractivity contribution in [3.8, 4) is 0 Å². The van der Waals surface area contributed by atoms with E-state index < -0.39 is 0 Å². The van der Waals surface area contributed by atoms with E-state index in [1.807, 2.05) is 0 Å². The summed E-state index contributed by atoms with van der Waals surface area (Å²) in [4.78, 5) is 5.87. The van der Waals surface area contributed by atoms with E-state index in [2.05, 4.69) is 141 Å². The summed E-state index contributed by atoms with van der Waals surface area (Å²) < 4.78 is 0. The maximum Gasteiger partial charge on any atom is 0.0927 e. The number of para-hydroxylation sites is 1. The van der Waals surface area contributed by atoms with Crippen molar-refractivity contribution in [3.05, 3.63) is 114 Å². The van der Waals surface area contributed by atoms with Gasteiger partial charge in [0.05, 0.1) is 23.3 Å². The van der Waals surface area contributed by atoms with Gasteiger partial charge < -0.3 is 4.90 Å². The summed E-state index contributed by atoms with van der Waals surface area (Å²) >= 11 is 0. The van der Waals surface area contributed by atoms with Gasteiger partial charge >= 0.3 is 0 Å². The van der Waals surface area contributed by atoms with Gasteiger partial charge in [0.15, 0.2) is 0 Å². The van der Waals surface area contributed by atoms with Crippen molar-refractivity contribution in [2.24, 2.45) is 11.3 Å². The van der Waals surface area contributed by atoms with Crippen LogP contribution in [-0.2, 0) is 5.54 Å². The van der Waals surface area contributed by atoms with Gasteiger partial charge in [-0.3, -0.25) is 4.90 Å². The van der Waals surface area contributed by atoms with E-state index in [4.69, 9.17) is 0 Å². The maximum atomic E-state index is 3.03. The molecule has 2 heteroatoms. The second kappa shape index (κ2) is 11.1. The van der Waals surface area contributed by atoms with E-state index in [1.165, 1.54) is 73.7 Å². The Balaban J connectivity index is 1.65. The van der Waals surface area contributed by atoms with Gasteiger partial charge in [-0.2, -0.15) is 0 Å². The quantitative estimate of drug-likeness (QED) is 0.300. The minimum atomic E-state index is -0.343. The highest BCUT2D eigenvalue weighted by Gasteiger charge is 2.68. The van der Waals surface area contributed by atoms with Crippen LogP contribution in [0.5, 0.6) is 0 Å². The van der Waals surface area contributed by atoms with Gasteiger partial charge in [0.1, 0.15) is 0 Å². The largest absolute Gasteiger partial charge is 0.350 e. The number of benzene rings is 3. The van der Waals surface area contributed by atoms with E-state index in [0.717, 1.165) is 0 Å². The van der Waals surface area contributed by atoms with Crippen LogP contribution < -0.4 is 4.90 Å². The lowest BCUT2D eigenvalue weighted by Crippen LogP contribution is -2.61. The van der Waals surface area contributed by atoms with Gasteiger partial charge in [0, 0.05) is 5.69 Å². The molecular formula is C39H50N2. The minimum absolute atomic E-state index is 0.0115. The van der Waals surface area contributed by atoms with E-state index in [0.29, 0.717) is 12.0 Å². The van der Waals surface area contributed by atoms with Gasteiger partial charge in [-0.15, -0.1) is 0 Å². The first-order valence-corrected chi connectivity index (χ1v) is 16.3. The van der Waals surface area contributed by atoms with Crippen molar-refractivity contribution in [2.45, 2.75) is 109 Å². The van der Waals surface area contributed by atoms with Gasteiger partial charge in [-0.25, -0.2) is 0 Å². The average molecular weight is 547 g/mol. The fraction of sp³-hybridized carbons (Fsp3) is 0.487. The molecule has 0 bridgehead atoms.